The second-order valence-corrected chi connectivity index (χ2v) is 4.97. The first-order chi connectivity index (χ1) is 8.83. The summed E-state index contributed by atoms with van der Waals surface area (Å²) in [5.41, 5.74) is 1.06. The van der Waals surface area contributed by atoms with Gasteiger partial charge in [-0.05, 0) is 29.1 Å². The number of phenolic OH excluding ortho intramolecular Hbond substituents is 1. The Bertz CT molecular complexity index is 643. The summed E-state index contributed by atoms with van der Waals surface area (Å²) in [6.45, 7) is 0.710. The zero-order valence-corrected chi connectivity index (χ0v) is 10.5. The molecule has 0 radical (unpaired) electrons. The van der Waals surface area contributed by atoms with Gasteiger partial charge >= 0.3 is 0 Å². The zero-order valence-electron chi connectivity index (χ0n) is 9.65. The van der Waals surface area contributed by atoms with Crippen molar-refractivity contribution in [2.75, 3.05) is 0 Å². The summed E-state index contributed by atoms with van der Waals surface area (Å²) in [5, 5.41) is 11.5. The van der Waals surface area contributed by atoms with Crippen molar-refractivity contribution in [1.82, 2.24) is 9.55 Å². The third-order valence-corrected chi connectivity index (χ3v) is 3.59. The lowest BCUT2D eigenvalue weighted by atomic mass is 10.2. The van der Waals surface area contributed by atoms with Gasteiger partial charge in [0, 0.05) is 18.9 Å². The average Bonchev–Trinajstić information content (AvgIpc) is 2.98. The molecule has 90 valence electrons. The van der Waals surface area contributed by atoms with Gasteiger partial charge in [-0.3, -0.25) is 0 Å². The lowest BCUT2D eigenvalue weighted by Gasteiger charge is -2.07. The van der Waals surface area contributed by atoms with E-state index in [0.29, 0.717) is 12.3 Å². The highest BCUT2D eigenvalue weighted by atomic mass is 32.1. The zero-order chi connectivity index (χ0) is 12.4. The molecule has 0 bridgehead atoms. The lowest BCUT2D eigenvalue weighted by molar-refractivity contribution is 0.474. The summed E-state index contributed by atoms with van der Waals surface area (Å²) in [6, 6.07) is 11.4. The van der Waals surface area contributed by atoms with Crippen LogP contribution >= 0.6 is 11.3 Å². The standard InChI is InChI=1S/C14H12N2OS/c17-12-4-1-3-11(9-12)10-16-7-6-15-14(16)13-5-2-8-18-13/h1-9,17H,10H2. The molecule has 3 aromatic rings. The molecular weight excluding hydrogens is 244 g/mol. The summed E-state index contributed by atoms with van der Waals surface area (Å²) in [6.07, 6.45) is 3.76. The molecule has 0 amide bonds. The van der Waals surface area contributed by atoms with Crippen LogP contribution in [0.2, 0.25) is 0 Å². The van der Waals surface area contributed by atoms with Crippen LogP contribution in [-0.2, 0) is 6.54 Å². The maximum atomic E-state index is 9.47. The van der Waals surface area contributed by atoms with Crippen molar-refractivity contribution in [2.45, 2.75) is 6.54 Å². The Balaban J connectivity index is 1.92. The van der Waals surface area contributed by atoms with Crippen LogP contribution in [0.1, 0.15) is 5.56 Å². The number of hydrogen-bond donors (Lipinski definition) is 1. The molecular formula is C14H12N2OS. The summed E-state index contributed by atoms with van der Waals surface area (Å²) >= 11 is 1.68. The first-order valence-electron chi connectivity index (χ1n) is 5.66. The molecule has 2 aromatic heterocycles. The Labute approximate surface area is 109 Å². The third-order valence-electron chi connectivity index (χ3n) is 2.72. The molecule has 1 aromatic carbocycles. The fraction of sp³-hybridized carbons (Fsp3) is 0.0714. The van der Waals surface area contributed by atoms with E-state index in [4.69, 9.17) is 0 Å². The highest BCUT2D eigenvalue weighted by molar-refractivity contribution is 7.13. The lowest BCUT2D eigenvalue weighted by Crippen LogP contribution is -2.00. The van der Waals surface area contributed by atoms with Gasteiger partial charge in [0.15, 0.2) is 0 Å². The Morgan fingerprint density at radius 3 is 2.94 bits per heavy atom. The molecule has 0 spiro atoms. The first kappa shape index (κ1) is 11.0. The van der Waals surface area contributed by atoms with Gasteiger partial charge in [0.05, 0.1) is 4.88 Å². The summed E-state index contributed by atoms with van der Waals surface area (Å²) in [7, 11) is 0. The second-order valence-electron chi connectivity index (χ2n) is 4.03. The Kier molecular flexibility index (Phi) is 2.86. The topological polar surface area (TPSA) is 38.0 Å². The number of thiophene rings is 1. The van der Waals surface area contributed by atoms with Crippen molar-refractivity contribution in [3.05, 3.63) is 59.7 Å². The van der Waals surface area contributed by atoms with E-state index in [1.165, 1.54) is 0 Å². The molecule has 0 atom stereocenters. The summed E-state index contributed by atoms with van der Waals surface area (Å²) < 4.78 is 2.08. The quantitative estimate of drug-likeness (QED) is 0.780. The number of aromatic hydroxyl groups is 1. The van der Waals surface area contributed by atoms with Crippen LogP contribution in [-0.4, -0.2) is 14.7 Å². The van der Waals surface area contributed by atoms with E-state index in [0.717, 1.165) is 16.3 Å². The smallest absolute Gasteiger partial charge is 0.150 e. The SMILES string of the molecule is Oc1cccc(Cn2ccnc2-c2cccs2)c1. The molecule has 3 rings (SSSR count). The molecule has 0 fully saturated rings. The van der Waals surface area contributed by atoms with Crippen molar-refractivity contribution < 1.29 is 5.11 Å². The van der Waals surface area contributed by atoms with Crippen molar-refractivity contribution in [1.29, 1.82) is 0 Å². The van der Waals surface area contributed by atoms with E-state index in [1.54, 1.807) is 29.7 Å². The molecule has 18 heavy (non-hydrogen) atoms. The van der Waals surface area contributed by atoms with Gasteiger partial charge in [0.1, 0.15) is 11.6 Å². The molecule has 0 aliphatic heterocycles. The molecule has 4 heteroatoms. The molecule has 0 saturated carbocycles. The van der Waals surface area contributed by atoms with E-state index < -0.39 is 0 Å². The molecule has 0 aliphatic rings. The van der Waals surface area contributed by atoms with Crippen molar-refractivity contribution in [2.24, 2.45) is 0 Å². The van der Waals surface area contributed by atoms with E-state index >= 15 is 0 Å². The van der Waals surface area contributed by atoms with Crippen LogP contribution in [0.3, 0.4) is 0 Å². The number of nitrogens with zero attached hydrogens (tertiary/aromatic N) is 2. The van der Waals surface area contributed by atoms with Crippen LogP contribution in [0.25, 0.3) is 10.7 Å². The fourth-order valence-corrected chi connectivity index (χ4v) is 2.66. The van der Waals surface area contributed by atoms with E-state index in [-0.39, 0.29) is 0 Å². The molecule has 1 N–H and O–H groups in total. The Morgan fingerprint density at radius 1 is 1.22 bits per heavy atom. The largest absolute Gasteiger partial charge is 0.508 e. The Morgan fingerprint density at radius 2 is 2.17 bits per heavy atom. The van der Waals surface area contributed by atoms with Crippen LogP contribution in [0.5, 0.6) is 5.75 Å². The molecule has 3 nitrogen and oxygen atoms in total. The summed E-state index contributed by atoms with van der Waals surface area (Å²) in [4.78, 5) is 5.54. The fourth-order valence-electron chi connectivity index (χ4n) is 1.92. The van der Waals surface area contributed by atoms with E-state index in [9.17, 15) is 5.11 Å². The van der Waals surface area contributed by atoms with Crippen LogP contribution in [0.4, 0.5) is 0 Å². The van der Waals surface area contributed by atoms with E-state index in [2.05, 4.69) is 15.6 Å². The van der Waals surface area contributed by atoms with Crippen LogP contribution < -0.4 is 0 Å². The number of imidazole rings is 1. The predicted octanol–water partition coefficient (Wildman–Crippen LogP) is 3.37. The number of hydrogen-bond acceptors (Lipinski definition) is 3. The maximum absolute atomic E-state index is 9.47. The van der Waals surface area contributed by atoms with Crippen molar-refractivity contribution in [3.63, 3.8) is 0 Å². The van der Waals surface area contributed by atoms with Crippen LogP contribution in [0.15, 0.2) is 54.2 Å². The third kappa shape index (κ3) is 2.15. The number of benzene rings is 1. The predicted molar refractivity (Wildman–Crippen MR) is 72.7 cm³/mol. The van der Waals surface area contributed by atoms with Gasteiger partial charge < -0.3 is 9.67 Å². The molecule has 0 saturated heterocycles. The first-order valence-corrected chi connectivity index (χ1v) is 6.54. The number of aromatic nitrogens is 2. The van der Waals surface area contributed by atoms with Gasteiger partial charge in [0.2, 0.25) is 0 Å². The minimum Gasteiger partial charge on any atom is -0.508 e. The van der Waals surface area contributed by atoms with Gasteiger partial charge in [-0.1, -0.05) is 18.2 Å². The second kappa shape index (κ2) is 4.66. The maximum Gasteiger partial charge on any atom is 0.150 e. The molecule has 0 aliphatic carbocycles. The normalized spacial score (nSPS) is 10.7. The van der Waals surface area contributed by atoms with Crippen molar-refractivity contribution >= 4 is 11.3 Å². The van der Waals surface area contributed by atoms with Gasteiger partial charge in [-0.2, -0.15) is 0 Å². The van der Waals surface area contributed by atoms with Gasteiger partial charge in [-0.15, -0.1) is 11.3 Å². The van der Waals surface area contributed by atoms with Crippen LogP contribution in [0, 0.1) is 0 Å². The molecule has 0 unspecified atom stereocenters. The monoisotopic (exact) mass is 256 g/mol. The highest BCUT2D eigenvalue weighted by Gasteiger charge is 2.07. The van der Waals surface area contributed by atoms with Gasteiger partial charge in [0.25, 0.3) is 0 Å². The van der Waals surface area contributed by atoms with E-state index in [1.807, 2.05) is 29.8 Å². The number of rotatable bonds is 3. The average molecular weight is 256 g/mol. The minimum absolute atomic E-state index is 0.297. The highest BCUT2D eigenvalue weighted by Crippen LogP contribution is 2.24. The van der Waals surface area contributed by atoms with Crippen molar-refractivity contribution in [3.8, 4) is 16.5 Å². The molecule has 2 heterocycles. The summed E-state index contributed by atoms with van der Waals surface area (Å²) in [5.74, 6) is 1.26. The van der Waals surface area contributed by atoms with Gasteiger partial charge in [-0.25, -0.2) is 4.98 Å². The number of phenols is 1. The Hall–Kier alpha value is -2.07. The minimum atomic E-state index is 0.297.